The molecule has 0 N–H and O–H groups in total. The molecule has 3 heterocycles. The van der Waals surface area contributed by atoms with Crippen LogP contribution >= 0.6 is 11.3 Å². The Morgan fingerprint density at radius 2 is 1.06 bits per heavy atom. The summed E-state index contributed by atoms with van der Waals surface area (Å²) in [6, 6.07) is 39.5. The Hall–Kier alpha value is -6.43. The van der Waals surface area contributed by atoms with E-state index in [0.29, 0.717) is 43.3 Å². The van der Waals surface area contributed by atoms with Crippen LogP contribution in [0.15, 0.2) is 168 Å². The van der Waals surface area contributed by atoms with Crippen LogP contribution in [-0.2, 0) is 0 Å². The number of thiophene rings is 1. The number of aromatic nitrogens is 3. The molecule has 0 atom stereocenters. The minimum absolute atomic E-state index is 0.0600. The number of hydrogen-bond donors (Lipinski definition) is 0. The largest absolute Gasteiger partial charge is 0.456 e. The van der Waals surface area contributed by atoms with E-state index in [4.69, 9.17) is 23.5 Å². The monoisotopic (exact) mass is 663 g/mol. The molecule has 50 heavy (non-hydrogen) atoms. The fraction of sp³-hybridized carbons (Fsp3) is 0. The minimum atomic E-state index is -0.300. The van der Waals surface area contributed by atoms with Crippen molar-refractivity contribution in [3.05, 3.63) is 164 Å². The molecule has 0 amide bonds. The van der Waals surface area contributed by atoms with Gasteiger partial charge in [0.2, 0.25) is 0 Å². The van der Waals surface area contributed by atoms with E-state index in [9.17, 15) is 4.11 Å². The quantitative estimate of drug-likeness (QED) is 0.184. The number of benzene rings is 7. The minimum Gasteiger partial charge on any atom is -0.456 e. The van der Waals surface area contributed by atoms with Crippen molar-refractivity contribution < 1.29 is 12.6 Å². The fourth-order valence-corrected chi connectivity index (χ4v) is 7.53. The first-order chi connectivity index (χ1) is 27.3. The van der Waals surface area contributed by atoms with E-state index in [-0.39, 0.29) is 58.4 Å². The van der Waals surface area contributed by atoms with Crippen molar-refractivity contribution in [2.24, 2.45) is 0 Å². The zero-order valence-electron chi connectivity index (χ0n) is 32.3. The maximum atomic E-state index is 9.58. The molecule has 7 aromatic carbocycles. The second kappa shape index (κ2) is 11.6. The predicted octanol–water partition coefficient (Wildman–Crippen LogP) is 12.5. The molecule has 0 saturated carbocycles. The summed E-state index contributed by atoms with van der Waals surface area (Å²) < 4.78 is 62.1. The molecule has 3 aromatic heterocycles. The van der Waals surface area contributed by atoms with Gasteiger partial charge >= 0.3 is 0 Å². The van der Waals surface area contributed by atoms with E-state index in [1.165, 1.54) is 11.3 Å². The Bertz CT molecular complexity index is 3200. The third kappa shape index (κ3) is 4.87. The number of nitrogens with zero attached hydrogens (tertiary/aromatic N) is 3. The van der Waals surface area contributed by atoms with Gasteiger partial charge in [0.15, 0.2) is 17.5 Å². The first-order valence-corrected chi connectivity index (χ1v) is 16.9. The molecule has 0 aliphatic heterocycles. The van der Waals surface area contributed by atoms with E-state index in [1.807, 2.05) is 127 Å². The van der Waals surface area contributed by atoms with E-state index in [0.717, 1.165) is 33.0 Å². The highest BCUT2D eigenvalue weighted by Gasteiger charge is 2.16. The Balaban J connectivity index is 1.19. The molecule has 10 aromatic rings. The molecule has 0 spiro atoms. The first-order valence-electron chi connectivity index (χ1n) is 19.1. The molecule has 0 bridgehead atoms. The van der Waals surface area contributed by atoms with Gasteiger partial charge in [-0.2, -0.15) is 0 Å². The first kappa shape index (κ1) is 23.0. The molecule has 5 heteroatoms. The Morgan fingerprint density at radius 3 is 1.84 bits per heavy atom. The van der Waals surface area contributed by atoms with Crippen LogP contribution in [-0.4, -0.2) is 15.0 Å². The summed E-state index contributed by atoms with van der Waals surface area (Å²) in [7, 11) is 0. The summed E-state index contributed by atoms with van der Waals surface area (Å²) in [5, 5.41) is 2.37. The van der Waals surface area contributed by atoms with Gasteiger partial charge < -0.3 is 4.42 Å². The van der Waals surface area contributed by atoms with Gasteiger partial charge in [-0.3, -0.25) is 0 Å². The maximum Gasteiger partial charge on any atom is 0.164 e. The van der Waals surface area contributed by atoms with Crippen molar-refractivity contribution in [2.75, 3.05) is 0 Å². The molecule has 0 fully saturated rings. The van der Waals surface area contributed by atoms with Gasteiger partial charge in [-0.1, -0.05) is 139 Å². The van der Waals surface area contributed by atoms with Crippen LogP contribution in [0.2, 0.25) is 0 Å². The van der Waals surface area contributed by atoms with Crippen molar-refractivity contribution in [3.8, 4) is 56.4 Å². The van der Waals surface area contributed by atoms with Crippen molar-refractivity contribution in [1.29, 1.82) is 0 Å². The lowest BCUT2D eigenvalue weighted by Crippen LogP contribution is -2.00. The summed E-state index contributed by atoms with van der Waals surface area (Å²) in [6.07, 6.45) is 0. The van der Waals surface area contributed by atoms with Gasteiger partial charge in [-0.15, -0.1) is 11.3 Å². The second-order valence-electron chi connectivity index (χ2n) is 11.9. The van der Waals surface area contributed by atoms with Crippen LogP contribution in [0.5, 0.6) is 0 Å². The van der Waals surface area contributed by atoms with Crippen LogP contribution in [0, 0.1) is 0 Å². The van der Waals surface area contributed by atoms with Crippen molar-refractivity contribution >= 4 is 53.4 Å². The lowest BCUT2D eigenvalue weighted by molar-refractivity contribution is 0.669. The summed E-state index contributed by atoms with van der Waals surface area (Å²) >= 11 is 1.17. The highest BCUT2D eigenvalue weighted by Crippen LogP contribution is 2.42. The molecule has 234 valence electrons. The van der Waals surface area contributed by atoms with E-state index >= 15 is 0 Å². The van der Waals surface area contributed by atoms with E-state index < -0.39 is 0 Å². The van der Waals surface area contributed by atoms with Crippen LogP contribution in [0.4, 0.5) is 0 Å². The van der Waals surface area contributed by atoms with Gasteiger partial charge in [0, 0.05) is 47.6 Å². The number of furan rings is 1. The summed E-state index contributed by atoms with van der Waals surface area (Å²) in [5.41, 5.74) is 5.97. The summed E-state index contributed by atoms with van der Waals surface area (Å²) in [5.74, 6) is 0.784. The molecular formula is C45H27N3OS. The third-order valence-corrected chi connectivity index (χ3v) is 9.99. The Morgan fingerprint density at radius 1 is 0.460 bits per heavy atom. The average Bonchev–Trinajstić information content (AvgIpc) is 3.82. The fourth-order valence-electron chi connectivity index (χ4n) is 6.39. The lowest BCUT2D eigenvalue weighted by atomic mass is 10.0. The average molecular weight is 664 g/mol. The molecule has 4 nitrogen and oxygen atoms in total. The number of hydrogen-bond acceptors (Lipinski definition) is 5. The smallest absolute Gasteiger partial charge is 0.164 e. The van der Waals surface area contributed by atoms with E-state index in [2.05, 4.69) is 0 Å². The highest BCUT2D eigenvalue weighted by atomic mass is 32.1. The third-order valence-electron chi connectivity index (χ3n) is 8.87. The standard InChI is InChI=1S/C45H27N3OS/c1-3-10-28(11-4-1)29-18-20-31(21-19-29)44-46-43(30-12-5-2-6-13-30)47-45(48-44)33-23-25-37-38-16-9-15-34(42(38)50-41(37)27-33)32-22-24-36-35-14-7-8-17-39(35)49-40(36)26-32/h1-27H/i9D,15D,16D,23D,25D,27D. The zero-order valence-corrected chi connectivity index (χ0v) is 27.1. The molecular weight excluding hydrogens is 631 g/mol. The molecule has 10 rings (SSSR count). The highest BCUT2D eigenvalue weighted by molar-refractivity contribution is 7.26. The van der Waals surface area contributed by atoms with Gasteiger partial charge in [0.05, 0.1) is 8.22 Å². The van der Waals surface area contributed by atoms with Gasteiger partial charge in [0.1, 0.15) is 11.2 Å². The van der Waals surface area contributed by atoms with Crippen molar-refractivity contribution in [2.45, 2.75) is 0 Å². The van der Waals surface area contributed by atoms with Crippen LogP contribution < -0.4 is 0 Å². The predicted molar refractivity (Wildman–Crippen MR) is 207 cm³/mol. The van der Waals surface area contributed by atoms with Crippen molar-refractivity contribution in [3.63, 3.8) is 0 Å². The second-order valence-corrected chi connectivity index (χ2v) is 13.0. The zero-order chi connectivity index (χ0) is 38.2. The van der Waals surface area contributed by atoms with Gasteiger partial charge in [0.25, 0.3) is 0 Å². The van der Waals surface area contributed by atoms with Gasteiger partial charge in [-0.25, -0.2) is 15.0 Å². The SMILES string of the molecule is [2H]c1c([2H])c([2H])c2c(sc3c([2H])c(-c4nc(-c5ccccc5)nc(-c5ccc(-c6ccccc6)cc5)n4)c([2H])c([2H])c32)c1-c1ccc2c(c1)oc1ccccc12. The normalized spacial score (nSPS) is 13.3. The van der Waals surface area contributed by atoms with Crippen molar-refractivity contribution in [1.82, 2.24) is 15.0 Å². The number of para-hydroxylation sites is 1. The molecule has 0 saturated heterocycles. The van der Waals surface area contributed by atoms with Crippen LogP contribution in [0.25, 0.3) is 98.5 Å². The van der Waals surface area contributed by atoms with Gasteiger partial charge in [-0.05, 0) is 46.5 Å². The number of rotatable bonds is 5. The maximum absolute atomic E-state index is 9.58. The Kier molecular flexibility index (Phi) is 5.35. The molecule has 0 aliphatic carbocycles. The summed E-state index contributed by atoms with van der Waals surface area (Å²) in [4.78, 5) is 14.5. The van der Waals surface area contributed by atoms with E-state index in [1.54, 1.807) is 0 Å². The number of fused-ring (bicyclic) bond motifs is 6. The molecule has 0 radical (unpaired) electrons. The van der Waals surface area contributed by atoms with Crippen LogP contribution in [0.1, 0.15) is 8.22 Å². The summed E-state index contributed by atoms with van der Waals surface area (Å²) in [6.45, 7) is 0. The van der Waals surface area contributed by atoms with Crippen LogP contribution in [0.3, 0.4) is 0 Å². The Labute approximate surface area is 300 Å². The molecule has 0 unspecified atom stereocenters. The molecule has 0 aliphatic rings. The topological polar surface area (TPSA) is 51.8 Å². The lowest BCUT2D eigenvalue weighted by Gasteiger charge is -2.09.